The van der Waals surface area contributed by atoms with Gasteiger partial charge in [0, 0.05) is 12.6 Å². The maximum Gasteiger partial charge on any atom is 0.315 e. The number of urea groups is 1. The van der Waals surface area contributed by atoms with E-state index in [0.717, 1.165) is 12.8 Å². The molecule has 1 atom stereocenters. The summed E-state index contributed by atoms with van der Waals surface area (Å²) >= 11 is 0. The van der Waals surface area contributed by atoms with Crippen LogP contribution in [0.2, 0.25) is 0 Å². The van der Waals surface area contributed by atoms with E-state index in [2.05, 4.69) is 24.5 Å². The Labute approximate surface area is 109 Å². The molecule has 0 saturated heterocycles. The van der Waals surface area contributed by atoms with Gasteiger partial charge in [0.15, 0.2) is 0 Å². The number of carboxylic acids is 1. The molecule has 18 heavy (non-hydrogen) atoms. The summed E-state index contributed by atoms with van der Waals surface area (Å²) in [7, 11) is 0. The molecule has 0 fully saturated rings. The van der Waals surface area contributed by atoms with Crippen molar-refractivity contribution in [3.63, 3.8) is 0 Å². The summed E-state index contributed by atoms with van der Waals surface area (Å²) in [6, 6.07) is -0.564. The van der Waals surface area contributed by atoms with Crippen molar-refractivity contribution < 1.29 is 14.7 Å². The fraction of sp³-hybridized carbons (Fsp3) is 0.846. The van der Waals surface area contributed by atoms with Gasteiger partial charge in [-0.25, -0.2) is 4.79 Å². The Morgan fingerprint density at radius 1 is 1.22 bits per heavy atom. The lowest BCUT2D eigenvalue weighted by Gasteiger charge is -2.15. The minimum Gasteiger partial charge on any atom is -0.481 e. The number of carbonyl (C=O) groups excluding carboxylic acids is 1. The van der Waals surface area contributed by atoms with Gasteiger partial charge in [-0.3, -0.25) is 4.79 Å². The minimum atomic E-state index is -0.890. The fourth-order valence-corrected chi connectivity index (χ4v) is 1.62. The van der Waals surface area contributed by atoms with Crippen molar-refractivity contribution in [1.29, 1.82) is 0 Å². The molecule has 0 bridgehead atoms. The molecular formula is C13H26N2O3. The molecule has 0 aliphatic heterocycles. The number of carboxylic acid groups (broad SMARTS) is 1. The van der Waals surface area contributed by atoms with Gasteiger partial charge >= 0.3 is 12.0 Å². The Morgan fingerprint density at radius 2 is 1.89 bits per heavy atom. The molecule has 0 radical (unpaired) electrons. The predicted octanol–water partition coefficient (Wildman–Crippen LogP) is 2.37. The van der Waals surface area contributed by atoms with Crippen LogP contribution in [0.4, 0.5) is 4.79 Å². The highest BCUT2D eigenvalue weighted by Gasteiger charge is 2.13. The molecule has 3 N–H and O–H groups in total. The number of unbranched alkanes of at least 4 members (excludes halogenated alkanes) is 1. The third-order valence-electron chi connectivity index (χ3n) is 2.74. The Bertz CT molecular complexity index is 255. The van der Waals surface area contributed by atoms with E-state index in [1.165, 1.54) is 6.42 Å². The van der Waals surface area contributed by atoms with Crippen LogP contribution in [-0.4, -0.2) is 29.7 Å². The lowest BCUT2D eigenvalue weighted by Crippen LogP contribution is -2.43. The molecule has 1 unspecified atom stereocenters. The van der Waals surface area contributed by atoms with Crippen LogP contribution in [0.1, 0.15) is 52.9 Å². The van der Waals surface area contributed by atoms with Crippen molar-refractivity contribution in [2.75, 3.05) is 6.54 Å². The van der Waals surface area contributed by atoms with Gasteiger partial charge in [0.1, 0.15) is 0 Å². The maximum atomic E-state index is 11.5. The highest BCUT2D eigenvalue weighted by Crippen LogP contribution is 2.05. The lowest BCUT2D eigenvalue weighted by atomic mass is 10.1. The van der Waals surface area contributed by atoms with E-state index in [-0.39, 0.29) is 18.5 Å². The molecule has 0 aromatic carbocycles. The van der Waals surface area contributed by atoms with Gasteiger partial charge in [-0.05, 0) is 18.8 Å². The van der Waals surface area contributed by atoms with E-state index in [1.54, 1.807) is 0 Å². The topological polar surface area (TPSA) is 78.4 Å². The first-order valence-electron chi connectivity index (χ1n) is 6.71. The van der Waals surface area contributed by atoms with Crippen LogP contribution in [0.15, 0.2) is 0 Å². The van der Waals surface area contributed by atoms with Gasteiger partial charge in [-0.2, -0.15) is 0 Å². The molecule has 0 aromatic heterocycles. The van der Waals surface area contributed by atoms with E-state index in [1.807, 2.05) is 6.92 Å². The predicted molar refractivity (Wildman–Crippen MR) is 71.6 cm³/mol. The van der Waals surface area contributed by atoms with Crippen LogP contribution in [0, 0.1) is 5.92 Å². The fourth-order valence-electron chi connectivity index (χ4n) is 1.62. The van der Waals surface area contributed by atoms with Gasteiger partial charge in [0.2, 0.25) is 0 Å². The molecule has 0 aromatic rings. The molecule has 0 aliphatic rings. The third-order valence-corrected chi connectivity index (χ3v) is 2.74. The smallest absolute Gasteiger partial charge is 0.315 e. The Hall–Kier alpha value is -1.26. The van der Waals surface area contributed by atoms with Crippen LogP contribution >= 0.6 is 0 Å². The molecule has 0 heterocycles. The number of nitrogens with one attached hydrogen (secondary N) is 2. The zero-order valence-electron chi connectivity index (χ0n) is 11.7. The second-order valence-electron chi connectivity index (χ2n) is 4.99. The van der Waals surface area contributed by atoms with Crippen LogP contribution in [-0.2, 0) is 4.79 Å². The minimum absolute atomic E-state index is 0.0305. The van der Waals surface area contributed by atoms with Crippen LogP contribution < -0.4 is 10.6 Å². The zero-order chi connectivity index (χ0) is 14.0. The first-order chi connectivity index (χ1) is 8.45. The Morgan fingerprint density at radius 3 is 2.39 bits per heavy atom. The summed E-state index contributed by atoms with van der Waals surface area (Å²) in [6.45, 7) is 6.86. The van der Waals surface area contributed by atoms with E-state index < -0.39 is 5.97 Å². The van der Waals surface area contributed by atoms with Crippen molar-refractivity contribution in [3.8, 4) is 0 Å². The van der Waals surface area contributed by atoms with Crippen molar-refractivity contribution in [2.45, 2.75) is 58.9 Å². The number of amides is 2. The van der Waals surface area contributed by atoms with Crippen molar-refractivity contribution in [3.05, 3.63) is 0 Å². The molecule has 0 spiro atoms. The monoisotopic (exact) mass is 258 g/mol. The average molecular weight is 258 g/mol. The van der Waals surface area contributed by atoms with E-state index in [0.29, 0.717) is 18.9 Å². The molecule has 5 nitrogen and oxygen atoms in total. The number of hydrogen-bond acceptors (Lipinski definition) is 2. The highest BCUT2D eigenvalue weighted by atomic mass is 16.4. The Kier molecular flexibility index (Phi) is 9.06. The molecule has 0 saturated carbocycles. The van der Waals surface area contributed by atoms with Gasteiger partial charge in [0.05, 0.1) is 6.42 Å². The number of aliphatic carboxylic acids is 1. The summed E-state index contributed by atoms with van der Waals surface area (Å²) < 4.78 is 0. The van der Waals surface area contributed by atoms with E-state index in [4.69, 9.17) is 5.11 Å². The van der Waals surface area contributed by atoms with Crippen LogP contribution in [0.25, 0.3) is 0 Å². The lowest BCUT2D eigenvalue weighted by molar-refractivity contribution is -0.137. The van der Waals surface area contributed by atoms with Crippen molar-refractivity contribution >= 4 is 12.0 Å². The first kappa shape index (κ1) is 16.7. The van der Waals surface area contributed by atoms with Gasteiger partial charge < -0.3 is 15.7 Å². The standard InChI is InChI=1S/C13H26N2O3/c1-4-11(9-12(16)17)15-13(18)14-8-6-5-7-10(2)3/h10-11H,4-9H2,1-3H3,(H,16,17)(H2,14,15,18). The first-order valence-corrected chi connectivity index (χ1v) is 6.71. The maximum absolute atomic E-state index is 11.5. The molecule has 0 rings (SSSR count). The quantitative estimate of drug-likeness (QED) is 0.555. The zero-order valence-corrected chi connectivity index (χ0v) is 11.7. The van der Waals surface area contributed by atoms with Crippen LogP contribution in [0.3, 0.4) is 0 Å². The van der Waals surface area contributed by atoms with Gasteiger partial charge in [-0.1, -0.05) is 33.6 Å². The summed E-state index contributed by atoms with van der Waals surface area (Å²) in [5, 5.41) is 14.1. The van der Waals surface area contributed by atoms with Gasteiger partial charge in [-0.15, -0.1) is 0 Å². The highest BCUT2D eigenvalue weighted by molar-refractivity contribution is 5.75. The largest absolute Gasteiger partial charge is 0.481 e. The summed E-state index contributed by atoms with van der Waals surface area (Å²) in [6.07, 6.45) is 3.82. The van der Waals surface area contributed by atoms with E-state index >= 15 is 0 Å². The summed E-state index contributed by atoms with van der Waals surface area (Å²) in [4.78, 5) is 22.0. The van der Waals surface area contributed by atoms with E-state index in [9.17, 15) is 9.59 Å². The second-order valence-corrected chi connectivity index (χ2v) is 4.99. The Balaban J connectivity index is 3.65. The molecule has 2 amide bonds. The molecule has 106 valence electrons. The van der Waals surface area contributed by atoms with Crippen molar-refractivity contribution in [1.82, 2.24) is 10.6 Å². The number of hydrogen-bond donors (Lipinski definition) is 3. The average Bonchev–Trinajstić information content (AvgIpc) is 2.26. The molecule has 0 aliphatic carbocycles. The number of carbonyl (C=O) groups is 2. The van der Waals surface area contributed by atoms with Crippen LogP contribution in [0.5, 0.6) is 0 Å². The molecule has 5 heteroatoms. The second kappa shape index (κ2) is 9.74. The van der Waals surface area contributed by atoms with Crippen molar-refractivity contribution in [2.24, 2.45) is 5.92 Å². The SMILES string of the molecule is CCC(CC(=O)O)NC(=O)NCCCCC(C)C. The van der Waals surface area contributed by atoms with Gasteiger partial charge in [0.25, 0.3) is 0 Å². The number of rotatable bonds is 9. The third kappa shape index (κ3) is 9.93. The summed E-state index contributed by atoms with van der Waals surface area (Å²) in [5.41, 5.74) is 0. The summed E-state index contributed by atoms with van der Waals surface area (Å²) in [5.74, 6) is -0.196. The molecular weight excluding hydrogens is 232 g/mol. The normalized spacial score (nSPS) is 12.2.